The van der Waals surface area contributed by atoms with Crippen LogP contribution < -0.4 is 15.5 Å². The number of anilines is 1. The summed E-state index contributed by atoms with van der Waals surface area (Å²) in [7, 11) is 3.91. The van der Waals surface area contributed by atoms with E-state index in [-0.39, 0.29) is 12.6 Å². The van der Waals surface area contributed by atoms with Crippen molar-refractivity contribution >= 4 is 17.7 Å². The molecule has 1 heterocycles. The number of esters is 1. The molecule has 0 aliphatic carbocycles. The smallest absolute Gasteiger partial charge is 0.338 e. The second kappa shape index (κ2) is 7.68. The maximum absolute atomic E-state index is 12.4. The lowest BCUT2D eigenvalue weighted by molar-refractivity contribution is -0.138. The Bertz CT molecular complexity index is 675. The number of carbonyl (C=O) groups excluding carboxylic acids is 2. The number of rotatable bonds is 5. The van der Waals surface area contributed by atoms with E-state index in [1.54, 1.807) is 13.0 Å². The van der Waals surface area contributed by atoms with Crippen molar-refractivity contribution in [2.45, 2.75) is 19.9 Å². The highest BCUT2D eigenvalue weighted by Gasteiger charge is 2.32. The minimum atomic E-state index is -0.534. The van der Waals surface area contributed by atoms with Crippen molar-refractivity contribution in [2.75, 3.05) is 25.6 Å². The molecule has 0 spiro atoms. The van der Waals surface area contributed by atoms with E-state index in [9.17, 15) is 9.59 Å². The summed E-state index contributed by atoms with van der Waals surface area (Å²) in [5, 5.41) is 5.43. The molecule has 1 aromatic carbocycles. The van der Waals surface area contributed by atoms with Gasteiger partial charge in [0.1, 0.15) is 6.61 Å². The fraction of sp³-hybridized carbons (Fsp3) is 0.333. The minimum Gasteiger partial charge on any atom is -0.458 e. The molecule has 0 aromatic heterocycles. The maximum Gasteiger partial charge on any atom is 0.338 e. The molecule has 0 radical (unpaired) electrons. The molecule has 0 unspecified atom stereocenters. The van der Waals surface area contributed by atoms with Crippen LogP contribution in [0, 0.1) is 0 Å². The molecular formula is C18H23N3O3. The number of ether oxygens (including phenoxy) is 1. The fourth-order valence-electron chi connectivity index (χ4n) is 2.48. The Labute approximate surface area is 142 Å². The number of allylic oxidation sites excluding steroid dienone is 2. The lowest BCUT2D eigenvalue weighted by Crippen LogP contribution is -2.45. The van der Waals surface area contributed by atoms with Crippen LogP contribution in [0.1, 0.15) is 25.5 Å². The number of urea groups is 1. The molecule has 0 saturated heterocycles. The molecule has 1 atom stereocenters. The van der Waals surface area contributed by atoms with Crippen molar-refractivity contribution in [2.24, 2.45) is 0 Å². The molecule has 0 bridgehead atoms. The van der Waals surface area contributed by atoms with Gasteiger partial charge in [-0.2, -0.15) is 0 Å². The van der Waals surface area contributed by atoms with Crippen molar-refractivity contribution in [3.05, 3.63) is 53.3 Å². The fourth-order valence-corrected chi connectivity index (χ4v) is 2.48. The minimum absolute atomic E-state index is 0.201. The topological polar surface area (TPSA) is 70.7 Å². The van der Waals surface area contributed by atoms with Crippen LogP contribution in [0.25, 0.3) is 0 Å². The van der Waals surface area contributed by atoms with Crippen molar-refractivity contribution in [1.29, 1.82) is 0 Å². The van der Waals surface area contributed by atoms with Gasteiger partial charge in [-0.15, -0.1) is 0 Å². The highest BCUT2D eigenvalue weighted by molar-refractivity contribution is 5.95. The highest BCUT2D eigenvalue weighted by Crippen LogP contribution is 2.28. The zero-order valence-electron chi connectivity index (χ0n) is 14.4. The van der Waals surface area contributed by atoms with Gasteiger partial charge in [-0.1, -0.05) is 24.3 Å². The third-order valence-corrected chi connectivity index (χ3v) is 3.78. The molecule has 0 fully saturated rings. The summed E-state index contributed by atoms with van der Waals surface area (Å²) in [4.78, 5) is 26.3. The van der Waals surface area contributed by atoms with Crippen LogP contribution in [0.2, 0.25) is 0 Å². The number of carbonyl (C=O) groups is 2. The lowest BCUT2D eigenvalue weighted by atomic mass is 9.95. The van der Waals surface area contributed by atoms with Crippen LogP contribution in [0.4, 0.5) is 10.5 Å². The molecule has 128 valence electrons. The number of amides is 2. The molecule has 1 aliphatic heterocycles. The highest BCUT2D eigenvalue weighted by atomic mass is 16.5. The largest absolute Gasteiger partial charge is 0.458 e. The molecule has 1 aliphatic rings. The summed E-state index contributed by atoms with van der Waals surface area (Å²) in [6.07, 6.45) is 3.57. The molecule has 2 N–H and O–H groups in total. The Morgan fingerprint density at radius 3 is 2.54 bits per heavy atom. The quantitative estimate of drug-likeness (QED) is 0.643. The summed E-state index contributed by atoms with van der Waals surface area (Å²) in [6.45, 7) is 3.76. The Morgan fingerprint density at radius 1 is 1.29 bits per heavy atom. The van der Waals surface area contributed by atoms with Gasteiger partial charge in [0.05, 0.1) is 11.6 Å². The second-order valence-corrected chi connectivity index (χ2v) is 5.72. The molecule has 1 aromatic rings. The zero-order chi connectivity index (χ0) is 17.7. The van der Waals surface area contributed by atoms with E-state index >= 15 is 0 Å². The summed E-state index contributed by atoms with van der Waals surface area (Å²) < 4.78 is 5.26. The van der Waals surface area contributed by atoms with Gasteiger partial charge in [0.15, 0.2) is 0 Å². The predicted molar refractivity (Wildman–Crippen MR) is 93.7 cm³/mol. The van der Waals surface area contributed by atoms with E-state index in [4.69, 9.17) is 4.74 Å². The van der Waals surface area contributed by atoms with Crippen molar-refractivity contribution < 1.29 is 14.3 Å². The first-order chi connectivity index (χ1) is 11.4. The van der Waals surface area contributed by atoms with Crippen LogP contribution in [-0.2, 0) is 9.53 Å². The number of hydrogen-bond acceptors (Lipinski definition) is 4. The first-order valence-corrected chi connectivity index (χ1v) is 7.78. The number of nitrogens with one attached hydrogen (secondary N) is 2. The lowest BCUT2D eigenvalue weighted by Gasteiger charge is -2.28. The maximum atomic E-state index is 12.4. The van der Waals surface area contributed by atoms with Crippen molar-refractivity contribution in [3.63, 3.8) is 0 Å². The van der Waals surface area contributed by atoms with E-state index in [0.29, 0.717) is 11.3 Å². The van der Waals surface area contributed by atoms with E-state index in [1.807, 2.05) is 56.3 Å². The summed E-state index contributed by atoms with van der Waals surface area (Å²) in [5.41, 5.74) is 2.78. The van der Waals surface area contributed by atoms with Crippen LogP contribution in [0.3, 0.4) is 0 Å². The summed E-state index contributed by atoms with van der Waals surface area (Å²) >= 11 is 0. The normalized spacial score (nSPS) is 17.5. The summed E-state index contributed by atoms with van der Waals surface area (Å²) in [6, 6.07) is 6.83. The first kappa shape index (κ1) is 17.6. The monoisotopic (exact) mass is 329 g/mol. The number of hydrogen-bond donors (Lipinski definition) is 2. The third-order valence-electron chi connectivity index (χ3n) is 3.78. The summed E-state index contributed by atoms with van der Waals surface area (Å²) in [5.74, 6) is -0.445. The second-order valence-electron chi connectivity index (χ2n) is 5.72. The van der Waals surface area contributed by atoms with Crippen molar-refractivity contribution in [1.82, 2.24) is 10.6 Å². The Morgan fingerprint density at radius 2 is 1.96 bits per heavy atom. The van der Waals surface area contributed by atoms with E-state index < -0.39 is 12.0 Å². The Hall–Kier alpha value is -2.76. The van der Waals surface area contributed by atoms with Gasteiger partial charge in [0.25, 0.3) is 0 Å². The van der Waals surface area contributed by atoms with E-state index in [0.717, 1.165) is 11.3 Å². The van der Waals surface area contributed by atoms with E-state index in [2.05, 4.69) is 10.6 Å². The number of nitrogens with zero attached hydrogens (tertiary/aromatic N) is 1. The first-order valence-electron chi connectivity index (χ1n) is 7.78. The molecule has 6 heteroatoms. The Balaban J connectivity index is 2.31. The average Bonchev–Trinajstić information content (AvgIpc) is 2.54. The van der Waals surface area contributed by atoms with Gasteiger partial charge in [-0.25, -0.2) is 9.59 Å². The third kappa shape index (κ3) is 3.95. The van der Waals surface area contributed by atoms with Gasteiger partial charge in [0.2, 0.25) is 0 Å². The molecule has 2 amide bonds. The van der Waals surface area contributed by atoms with Gasteiger partial charge in [-0.3, -0.25) is 0 Å². The Kier molecular flexibility index (Phi) is 5.63. The van der Waals surface area contributed by atoms with Crippen LogP contribution in [0.5, 0.6) is 0 Å². The van der Waals surface area contributed by atoms with E-state index in [1.165, 1.54) is 0 Å². The van der Waals surface area contributed by atoms with Crippen LogP contribution in [0.15, 0.2) is 47.7 Å². The van der Waals surface area contributed by atoms with Gasteiger partial charge < -0.3 is 20.3 Å². The van der Waals surface area contributed by atoms with Crippen LogP contribution >= 0.6 is 0 Å². The zero-order valence-corrected chi connectivity index (χ0v) is 14.4. The molecule has 24 heavy (non-hydrogen) atoms. The van der Waals surface area contributed by atoms with Gasteiger partial charge in [0, 0.05) is 25.5 Å². The molecular weight excluding hydrogens is 306 g/mol. The van der Waals surface area contributed by atoms with Gasteiger partial charge >= 0.3 is 12.0 Å². The molecule has 6 nitrogen and oxygen atoms in total. The molecule has 2 rings (SSSR count). The molecule has 0 saturated carbocycles. The van der Waals surface area contributed by atoms with Crippen molar-refractivity contribution in [3.8, 4) is 0 Å². The van der Waals surface area contributed by atoms with Crippen LogP contribution in [-0.4, -0.2) is 32.7 Å². The standard InChI is InChI=1S/C18H23N3O3/c1-5-6-11-24-17(22)15-12(2)19-18(23)20-16(15)13-7-9-14(10-8-13)21(3)4/h5-10,16H,11H2,1-4H3,(H2,19,20,23)/b6-5-/t16-/m0/s1. The predicted octanol–water partition coefficient (Wildman–Crippen LogP) is 2.50. The average molecular weight is 329 g/mol. The number of benzene rings is 1. The van der Waals surface area contributed by atoms with Gasteiger partial charge in [-0.05, 0) is 31.5 Å². The SMILES string of the molecule is C/C=C\COC(=O)C1=C(C)NC(=O)N[C@H]1c1ccc(N(C)C)cc1.